The van der Waals surface area contributed by atoms with E-state index >= 15 is 0 Å². The van der Waals surface area contributed by atoms with Crippen LogP contribution < -0.4 is 10.5 Å². The van der Waals surface area contributed by atoms with Gasteiger partial charge in [-0.15, -0.1) is 0 Å². The van der Waals surface area contributed by atoms with Crippen molar-refractivity contribution in [2.75, 3.05) is 19.5 Å². The zero-order chi connectivity index (χ0) is 27.3. The van der Waals surface area contributed by atoms with Crippen molar-refractivity contribution < 1.29 is 23.7 Å². The molecule has 11 heteroatoms. The predicted octanol–water partition coefficient (Wildman–Crippen LogP) is 3.94. The fraction of sp³-hybridized carbons (Fsp3) is 0.800. The van der Waals surface area contributed by atoms with Crippen LogP contribution in [0.1, 0.15) is 62.3 Å². The molecule has 1 radical (unpaired) electrons. The molecule has 0 bridgehead atoms. The lowest BCUT2D eigenvalue weighted by Gasteiger charge is -2.42. The van der Waals surface area contributed by atoms with Gasteiger partial charge in [0.1, 0.15) is 27.1 Å². The number of rotatable bonds is 7. The molecule has 10 nitrogen and oxygen atoms in total. The van der Waals surface area contributed by atoms with Crippen LogP contribution in [-0.4, -0.2) is 77.1 Å². The molecule has 0 spiro atoms. The summed E-state index contributed by atoms with van der Waals surface area (Å²) in [5.41, 5.74) is 5.84. The zero-order valence-electron chi connectivity index (χ0n) is 23.9. The van der Waals surface area contributed by atoms with Gasteiger partial charge in [0.05, 0.1) is 36.8 Å². The second kappa shape index (κ2) is 9.83. The number of nitrogens with zero attached hydrogens (tertiary/aromatic N) is 4. The van der Waals surface area contributed by atoms with Crippen LogP contribution in [0.25, 0.3) is 11.2 Å². The Kier molecular flexibility index (Phi) is 7.85. The number of methoxy groups -OCH3 is 1. The zero-order valence-corrected chi connectivity index (χ0v) is 24.9. The number of anilines is 1. The maximum absolute atomic E-state index is 7.04. The van der Waals surface area contributed by atoms with Gasteiger partial charge in [0.25, 0.3) is 0 Å². The molecule has 2 aromatic rings. The lowest BCUT2D eigenvalue weighted by atomic mass is 10.1. The van der Waals surface area contributed by atoms with Crippen LogP contribution >= 0.6 is 0 Å². The maximum Gasteiger partial charge on any atom is 0.246 e. The molecule has 4 atom stereocenters. The van der Waals surface area contributed by atoms with E-state index in [0.29, 0.717) is 23.7 Å². The molecule has 3 rings (SSSR count). The van der Waals surface area contributed by atoms with Crippen LogP contribution in [0.2, 0.25) is 13.1 Å². The molecule has 1 saturated heterocycles. The molecule has 36 heavy (non-hydrogen) atoms. The summed E-state index contributed by atoms with van der Waals surface area (Å²) < 4.78 is 34.2. The summed E-state index contributed by atoms with van der Waals surface area (Å²) in [6.45, 7) is 23.1. The Morgan fingerprint density at radius 1 is 1.00 bits per heavy atom. The van der Waals surface area contributed by atoms with Gasteiger partial charge in [-0.2, -0.15) is 9.97 Å². The summed E-state index contributed by atoms with van der Waals surface area (Å²) in [4.78, 5) is 13.4. The highest BCUT2D eigenvalue weighted by atomic mass is 28.3. The molecule has 2 aromatic heterocycles. The van der Waals surface area contributed by atoms with E-state index in [2.05, 4.69) is 28.0 Å². The molecule has 1 aliphatic rings. The number of imidazole rings is 1. The lowest BCUT2D eigenvalue weighted by molar-refractivity contribution is -0.174. The maximum atomic E-state index is 7.04. The molecular weight excluding hydrogens is 478 g/mol. The summed E-state index contributed by atoms with van der Waals surface area (Å²) >= 11 is 0. The topological polar surface area (TPSA) is 116 Å². The molecule has 0 saturated carbocycles. The smallest absolute Gasteiger partial charge is 0.246 e. The highest BCUT2D eigenvalue weighted by molar-refractivity contribution is 6.58. The van der Waals surface area contributed by atoms with Crippen molar-refractivity contribution in [2.24, 2.45) is 0 Å². The van der Waals surface area contributed by atoms with E-state index in [4.69, 9.17) is 29.4 Å². The van der Waals surface area contributed by atoms with Gasteiger partial charge in [0.2, 0.25) is 11.8 Å². The number of nitrogens with two attached hydrogens (primary N) is 1. The van der Waals surface area contributed by atoms with Crippen molar-refractivity contribution in [1.29, 1.82) is 0 Å². The molecule has 1 fully saturated rings. The van der Waals surface area contributed by atoms with Gasteiger partial charge < -0.3 is 29.4 Å². The molecule has 0 unspecified atom stereocenters. The Morgan fingerprint density at radius 3 is 2.11 bits per heavy atom. The van der Waals surface area contributed by atoms with Crippen molar-refractivity contribution in [3.05, 3.63) is 6.33 Å². The third-order valence-corrected chi connectivity index (χ3v) is 7.76. The minimum absolute atomic E-state index is 0.0959. The molecular formula is C25H44N5O5Si. The monoisotopic (exact) mass is 522 g/mol. The summed E-state index contributed by atoms with van der Waals surface area (Å²) in [6, 6.07) is 0. The van der Waals surface area contributed by atoms with E-state index in [1.165, 1.54) is 7.11 Å². The largest absolute Gasteiger partial charge is 0.479 e. The van der Waals surface area contributed by atoms with Crippen molar-refractivity contribution >= 4 is 25.9 Å². The van der Waals surface area contributed by atoms with Gasteiger partial charge in [-0.1, -0.05) is 13.1 Å². The van der Waals surface area contributed by atoms with Gasteiger partial charge in [-0.25, -0.2) is 4.98 Å². The van der Waals surface area contributed by atoms with Crippen LogP contribution in [0.15, 0.2) is 6.33 Å². The summed E-state index contributed by atoms with van der Waals surface area (Å²) in [5.74, 6) is 0.410. The normalized spacial score (nSPS) is 25.8. The number of fused-ring (bicyclic) bond motifs is 1. The van der Waals surface area contributed by atoms with E-state index < -0.39 is 43.7 Å². The SMILES string of the molecule is COc1nc(N)nc2c1ncn2[C@@]1([Si](C)C)O[C@H](COC(C)(C)C)[C@@H](OC(C)(C)C)[C@@H]1OC(C)(C)C. The van der Waals surface area contributed by atoms with Gasteiger partial charge >= 0.3 is 0 Å². The van der Waals surface area contributed by atoms with E-state index in [1.807, 2.05) is 66.9 Å². The molecule has 3 heterocycles. The Morgan fingerprint density at radius 2 is 1.61 bits per heavy atom. The predicted molar refractivity (Wildman–Crippen MR) is 142 cm³/mol. The van der Waals surface area contributed by atoms with Gasteiger partial charge in [-0.05, 0) is 62.3 Å². The van der Waals surface area contributed by atoms with Gasteiger partial charge in [-0.3, -0.25) is 4.57 Å². The second-order valence-corrected chi connectivity index (χ2v) is 15.2. The Labute approximate surface area is 216 Å². The second-order valence-electron chi connectivity index (χ2n) is 12.5. The fourth-order valence-electron chi connectivity index (χ4n) is 4.43. The van der Waals surface area contributed by atoms with Crippen molar-refractivity contribution in [3.8, 4) is 5.88 Å². The van der Waals surface area contributed by atoms with Crippen molar-refractivity contribution in [3.63, 3.8) is 0 Å². The van der Waals surface area contributed by atoms with Crippen molar-refractivity contribution in [2.45, 2.75) is 116 Å². The third kappa shape index (κ3) is 6.02. The van der Waals surface area contributed by atoms with E-state index in [0.717, 1.165) is 0 Å². The van der Waals surface area contributed by atoms with Crippen LogP contribution in [0, 0.1) is 0 Å². The molecule has 1 aliphatic heterocycles. The average Bonchev–Trinajstić information content (AvgIpc) is 3.23. The highest BCUT2D eigenvalue weighted by Gasteiger charge is 2.62. The summed E-state index contributed by atoms with van der Waals surface area (Å²) in [6.07, 6.45) is 0.437. The molecule has 0 amide bonds. The Bertz CT molecular complexity index is 1060. The first-order chi connectivity index (χ1) is 16.4. The van der Waals surface area contributed by atoms with Crippen LogP contribution in [-0.2, 0) is 24.3 Å². The number of hydrogen-bond donors (Lipinski definition) is 1. The van der Waals surface area contributed by atoms with E-state index in [1.54, 1.807) is 6.33 Å². The lowest BCUT2D eigenvalue weighted by Crippen LogP contribution is -2.58. The van der Waals surface area contributed by atoms with Gasteiger partial charge in [0, 0.05) is 0 Å². The molecule has 0 aromatic carbocycles. The van der Waals surface area contributed by atoms with E-state index in [9.17, 15) is 0 Å². The standard InChI is InChI=1S/C25H44N5O5Si/c1-22(2,3)32-13-15-17(34-23(4,5)6)18(35-24(7,8)9)25(33-15,36(11)12)30-14-27-16-19(30)28-21(26)29-20(16)31-10/h14-15,17-18H,13H2,1-12H3,(H2,26,28,29)/t15-,17-,18+,25-/m1/s1. The fourth-order valence-corrected chi connectivity index (χ4v) is 6.25. The number of hydrogen-bond acceptors (Lipinski definition) is 9. The summed E-state index contributed by atoms with van der Waals surface area (Å²) in [5, 5.41) is -0.930. The first-order valence-electron chi connectivity index (χ1n) is 12.4. The Balaban J connectivity index is 2.27. The third-order valence-electron chi connectivity index (χ3n) is 5.68. The van der Waals surface area contributed by atoms with Crippen LogP contribution in [0.3, 0.4) is 0 Å². The van der Waals surface area contributed by atoms with Crippen LogP contribution in [0.5, 0.6) is 5.88 Å². The number of nitrogen functional groups attached to an aromatic ring is 1. The molecule has 2 N–H and O–H groups in total. The average molecular weight is 523 g/mol. The Hall–Kier alpha value is -1.79. The highest BCUT2D eigenvalue weighted by Crippen LogP contribution is 2.45. The molecule has 203 valence electrons. The van der Waals surface area contributed by atoms with E-state index in [-0.39, 0.29) is 11.5 Å². The first-order valence-corrected chi connectivity index (χ1v) is 14.9. The number of aromatic nitrogens is 4. The van der Waals surface area contributed by atoms with Crippen molar-refractivity contribution in [1.82, 2.24) is 19.5 Å². The first kappa shape index (κ1) is 28.8. The minimum Gasteiger partial charge on any atom is -0.479 e. The quantitative estimate of drug-likeness (QED) is 0.540. The van der Waals surface area contributed by atoms with Crippen LogP contribution in [0.4, 0.5) is 5.95 Å². The van der Waals surface area contributed by atoms with Gasteiger partial charge in [0.15, 0.2) is 16.5 Å². The number of ether oxygens (including phenoxy) is 5. The summed E-state index contributed by atoms with van der Waals surface area (Å²) in [7, 11) is 0.227. The minimum atomic E-state index is -1.31. The molecule has 0 aliphatic carbocycles.